The van der Waals surface area contributed by atoms with Gasteiger partial charge in [-0.2, -0.15) is 0 Å². The Kier molecular flexibility index (Phi) is 5.48. The van der Waals surface area contributed by atoms with E-state index in [0.29, 0.717) is 13.1 Å². The van der Waals surface area contributed by atoms with Crippen molar-refractivity contribution in [2.45, 2.75) is 6.42 Å². The van der Waals surface area contributed by atoms with Crippen LogP contribution in [0, 0.1) is 5.82 Å². The summed E-state index contributed by atoms with van der Waals surface area (Å²) >= 11 is 5.89. The molecular formula is C19H20ClFN2O. The molecule has 1 saturated heterocycles. The van der Waals surface area contributed by atoms with Crippen LogP contribution in [0.25, 0.3) is 0 Å². The normalized spacial score (nSPS) is 15.5. The average Bonchev–Trinajstić information content (AvgIpc) is 2.61. The third kappa shape index (κ3) is 4.13. The van der Waals surface area contributed by atoms with Gasteiger partial charge >= 0.3 is 0 Å². The minimum absolute atomic E-state index is 0.159. The largest absolute Gasteiger partial charge is 0.336 e. The summed E-state index contributed by atoms with van der Waals surface area (Å²) in [6.07, 6.45) is 0.957. The maximum atomic E-state index is 13.7. The minimum atomic E-state index is -0.451. The fourth-order valence-corrected chi connectivity index (χ4v) is 3.04. The zero-order chi connectivity index (χ0) is 16.9. The van der Waals surface area contributed by atoms with Crippen LogP contribution in [0.15, 0.2) is 48.5 Å². The van der Waals surface area contributed by atoms with Crippen LogP contribution in [0.3, 0.4) is 0 Å². The molecule has 1 fully saturated rings. The number of benzene rings is 2. The first-order valence-electron chi connectivity index (χ1n) is 8.14. The number of rotatable bonds is 4. The van der Waals surface area contributed by atoms with E-state index < -0.39 is 5.82 Å². The quantitative estimate of drug-likeness (QED) is 0.846. The lowest BCUT2D eigenvalue weighted by Crippen LogP contribution is -2.49. The lowest BCUT2D eigenvalue weighted by molar-refractivity contribution is 0.0634. The summed E-state index contributed by atoms with van der Waals surface area (Å²) in [6.45, 7) is 3.84. The van der Waals surface area contributed by atoms with E-state index in [1.54, 1.807) is 23.1 Å². The number of hydrogen-bond acceptors (Lipinski definition) is 2. The predicted molar refractivity (Wildman–Crippen MR) is 93.9 cm³/mol. The molecule has 24 heavy (non-hydrogen) atoms. The van der Waals surface area contributed by atoms with Crippen molar-refractivity contribution in [3.63, 3.8) is 0 Å². The van der Waals surface area contributed by atoms with Gasteiger partial charge in [0, 0.05) is 37.7 Å². The van der Waals surface area contributed by atoms with E-state index >= 15 is 0 Å². The van der Waals surface area contributed by atoms with E-state index in [1.165, 1.54) is 11.6 Å². The Balaban J connectivity index is 1.49. The van der Waals surface area contributed by atoms with Crippen molar-refractivity contribution >= 4 is 17.5 Å². The molecule has 0 aliphatic carbocycles. The van der Waals surface area contributed by atoms with E-state index in [2.05, 4.69) is 4.90 Å². The summed E-state index contributed by atoms with van der Waals surface area (Å²) in [7, 11) is 0. The van der Waals surface area contributed by atoms with Crippen molar-refractivity contribution in [3.05, 3.63) is 70.5 Å². The third-order valence-corrected chi connectivity index (χ3v) is 4.65. The van der Waals surface area contributed by atoms with E-state index in [4.69, 9.17) is 11.6 Å². The molecular weight excluding hydrogens is 327 g/mol. The van der Waals surface area contributed by atoms with Gasteiger partial charge in [-0.3, -0.25) is 9.69 Å². The number of halogens is 2. The number of piperazine rings is 1. The Morgan fingerprint density at radius 1 is 1.00 bits per heavy atom. The van der Waals surface area contributed by atoms with Gasteiger partial charge in [-0.05, 0) is 36.2 Å². The standard InChI is InChI=1S/C19H20ClFN2O/c20-16-7-5-15(6-8-16)9-10-22-11-13-23(14-12-22)19(24)17-3-1-2-4-18(17)21/h1-8H,9-14H2. The zero-order valence-corrected chi connectivity index (χ0v) is 14.2. The molecule has 0 spiro atoms. The lowest BCUT2D eigenvalue weighted by atomic mass is 10.1. The molecule has 0 unspecified atom stereocenters. The first kappa shape index (κ1) is 16.9. The topological polar surface area (TPSA) is 23.6 Å². The summed E-state index contributed by atoms with van der Waals surface area (Å²) in [4.78, 5) is 16.5. The van der Waals surface area contributed by atoms with Gasteiger partial charge in [0.1, 0.15) is 5.82 Å². The lowest BCUT2D eigenvalue weighted by Gasteiger charge is -2.34. The van der Waals surface area contributed by atoms with Crippen LogP contribution < -0.4 is 0 Å². The molecule has 0 atom stereocenters. The molecule has 1 aliphatic heterocycles. The van der Waals surface area contributed by atoms with Gasteiger partial charge in [0.25, 0.3) is 5.91 Å². The van der Waals surface area contributed by atoms with Crippen molar-refractivity contribution < 1.29 is 9.18 Å². The molecule has 0 N–H and O–H groups in total. The molecule has 2 aromatic rings. The number of amides is 1. The summed E-state index contributed by atoms with van der Waals surface area (Å²) < 4.78 is 13.7. The maximum Gasteiger partial charge on any atom is 0.256 e. The van der Waals surface area contributed by atoms with Crippen molar-refractivity contribution in [1.29, 1.82) is 0 Å². The molecule has 1 aliphatic rings. The van der Waals surface area contributed by atoms with Crippen LogP contribution in [0.2, 0.25) is 5.02 Å². The summed E-state index contributed by atoms with van der Waals surface area (Å²) in [5.41, 5.74) is 1.41. The zero-order valence-electron chi connectivity index (χ0n) is 13.4. The van der Waals surface area contributed by atoms with E-state index in [0.717, 1.165) is 31.1 Å². The van der Waals surface area contributed by atoms with Gasteiger partial charge < -0.3 is 4.90 Å². The molecule has 1 heterocycles. The number of carbonyl (C=O) groups is 1. The summed E-state index contributed by atoms with van der Waals surface area (Å²) in [5.74, 6) is -0.668. The Morgan fingerprint density at radius 2 is 1.67 bits per heavy atom. The van der Waals surface area contributed by atoms with Gasteiger partial charge in [-0.25, -0.2) is 4.39 Å². The number of hydrogen-bond donors (Lipinski definition) is 0. The first-order valence-corrected chi connectivity index (χ1v) is 8.52. The predicted octanol–water partition coefficient (Wildman–Crippen LogP) is 3.48. The highest BCUT2D eigenvalue weighted by atomic mass is 35.5. The monoisotopic (exact) mass is 346 g/mol. The van der Waals surface area contributed by atoms with Crippen LogP contribution in [-0.4, -0.2) is 48.4 Å². The van der Waals surface area contributed by atoms with Gasteiger partial charge in [-0.1, -0.05) is 35.9 Å². The summed E-state index contributed by atoms with van der Waals surface area (Å²) in [5, 5.41) is 0.749. The fraction of sp³-hybridized carbons (Fsp3) is 0.316. The molecule has 0 bridgehead atoms. The minimum Gasteiger partial charge on any atom is -0.336 e. The summed E-state index contributed by atoms with van der Waals surface area (Å²) in [6, 6.07) is 14.1. The molecule has 3 nitrogen and oxygen atoms in total. The SMILES string of the molecule is O=C(c1ccccc1F)N1CCN(CCc2ccc(Cl)cc2)CC1. The number of nitrogens with zero attached hydrogens (tertiary/aromatic N) is 2. The van der Waals surface area contributed by atoms with E-state index in [1.807, 2.05) is 24.3 Å². The van der Waals surface area contributed by atoms with E-state index in [-0.39, 0.29) is 11.5 Å². The highest BCUT2D eigenvalue weighted by Gasteiger charge is 2.23. The van der Waals surface area contributed by atoms with Gasteiger partial charge in [-0.15, -0.1) is 0 Å². The molecule has 0 aromatic heterocycles. The molecule has 0 saturated carbocycles. The van der Waals surface area contributed by atoms with Crippen LogP contribution >= 0.6 is 11.6 Å². The van der Waals surface area contributed by atoms with Gasteiger partial charge in [0.2, 0.25) is 0 Å². The third-order valence-electron chi connectivity index (χ3n) is 4.39. The average molecular weight is 347 g/mol. The Morgan fingerprint density at radius 3 is 2.33 bits per heavy atom. The van der Waals surface area contributed by atoms with Crippen LogP contribution in [-0.2, 0) is 6.42 Å². The second-order valence-electron chi connectivity index (χ2n) is 5.99. The molecule has 126 valence electrons. The highest BCUT2D eigenvalue weighted by molar-refractivity contribution is 6.30. The first-order chi connectivity index (χ1) is 11.6. The molecule has 1 amide bonds. The van der Waals surface area contributed by atoms with Gasteiger partial charge in [0.15, 0.2) is 0 Å². The molecule has 5 heteroatoms. The van der Waals surface area contributed by atoms with Crippen LogP contribution in [0.1, 0.15) is 15.9 Å². The second kappa shape index (κ2) is 7.77. The highest BCUT2D eigenvalue weighted by Crippen LogP contribution is 2.14. The van der Waals surface area contributed by atoms with E-state index in [9.17, 15) is 9.18 Å². The molecule has 3 rings (SSSR count). The second-order valence-corrected chi connectivity index (χ2v) is 6.43. The van der Waals surface area contributed by atoms with Crippen molar-refractivity contribution in [2.75, 3.05) is 32.7 Å². The van der Waals surface area contributed by atoms with Crippen molar-refractivity contribution in [2.24, 2.45) is 0 Å². The van der Waals surface area contributed by atoms with Crippen molar-refractivity contribution in [1.82, 2.24) is 9.80 Å². The Labute approximate surface area is 146 Å². The fourth-order valence-electron chi connectivity index (χ4n) is 2.92. The number of carbonyl (C=O) groups excluding carboxylic acids is 1. The molecule has 2 aromatic carbocycles. The maximum absolute atomic E-state index is 13.7. The Bertz CT molecular complexity index is 697. The van der Waals surface area contributed by atoms with Gasteiger partial charge in [0.05, 0.1) is 5.56 Å². The van der Waals surface area contributed by atoms with Crippen LogP contribution in [0.5, 0.6) is 0 Å². The Hall–Kier alpha value is -1.91. The van der Waals surface area contributed by atoms with Crippen molar-refractivity contribution in [3.8, 4) is 0 Å². The van der Waals surface area contributed by atoms with Crippen LogP contribution in [0.4, 0.5) is 4.39 Å². The smallest absolute Gasteiger partial charge is 0.256 e. The molecule has 0 radical (unpaired) electrons.